The molecule has 0 N–H and O–H groups in total. The van der Waals surface area contributed by atoms with Crippen LogP contribution in [0.25, 0.3) is 0 Å². The standard InChI is InChI=1S/C12H23N3O2/c1-10(16)14(4)9-11-5-7-15(8-6-11)12(17)13(2)3/h11H,5-9H2,1-4H3. The Kier molecular flexibility index (Phi) is 4.78. The van der Waals surface area contributed by atoms with E-state index in [0.29, 0.717) is 5.92 Å². The van der Waals surface area contributed by atoms with Crippen molar-refractivity contribution in [3.05, 3.63) is 0 Å². The lowest BCUT2D eigenvalue weighted by Crippen LogP contribution is -2.45. The first kappa shape index (κ1) is 13.8. The summed E-state index contributed by atoms with van der Waals surface area (Å²) in [5.41, 5.74) is 0. The molecule has 1 saturated heterocycles. The molecule has 0 aromatic rings. The Bertz CT molecular complexity index is 283. The SMILES string of the molecule is CC(=O)N(C)CC1CCN(C(=O)N(C)C)CC1. The Balaban J connectivity index is 2.36. The molecule has 1 fully saturated rings. The number of nitrogens with zero attached hydrogens (tertiary/aromatic N) is 3. The van der Waals surface area contributed by atoms with Crippen LogP contribution in [0.4, 0.5) is 4.79 Å². The highest BCUT2D eigenvalue weighted by Crippen LogP contribution is 2.18. The molecule has 3 amide bonds. The molecule has 0 aromatic carbocycles. The van der Waals surface area contributed by atoms with Crippen molar-refractivity contribution in [2.24, 2.45) is 5.92 Å². The normalized spacial score (nSPS) is 16.8. The molecule has 5 nitrogen and oxygen atoms in total. The van der Waals surface area contributed by atoms with Crippen molar-refractivity contribution in [1.82, 2.24) is 14.7 Å². The van der Waals surface area contributed by atoms with Crippen LogP contribution in [0.5, 0.6) is 0 Å². The monoisotopic (exact) mass is 241 g/mol. The minimum absolute atomic E-state index is 0.0865. The number of amides is 3. The van der Waals surface area contributed by atoms with Gasteiger partial charge in [0.1, 0.15) is 0 Å². The van der Waals surface area contributed by atoms with Gasteiger partial charge >= 0.3 is 6.03 Å². The van der Waals surface area contributed by atoms with E-state index in [1.54, 1.807) is 30.8 Å². The zero-order valence-corrected chi connectivity index (χ0v) is 11.3. The average molecular weight is 241 g/mol. The van der Waals surface area contributed by atoms with Crippen molar-refractivity contribution >= 4 is 11.9 Å². The van der Waals surface area contributed by atoms with Crippen molar-refractivity contribution in [1.29, 1.82) is 0 Å². The number of hydrogen-bond acceptors (Lipinski definition) is 2. The van der Waals surface area contributed by atoms with E-state index in [2.05, 4.69) is 0 Å². The number of likely N-dealkylation sites (tertiary alicyclic amines) is 1. The molecule has 0 radical (unpaired) electrons. The van der Waals surface area contributed by atoms with Crippen molar-refractivity contribution in [2.45, 2.75) is 19.8 Å². The molecule has 0 spiro atoms. The van der Waals surface area contributed by atoms with Crippen LogP contribution in [-0.2, 0) is 4.79 Å². The number of hydrogen-bond donors (Lipinski definition) is 0. The van der Waals surface area contributed by atoms with Gasteiger partial charge in [-0.1, -0.05) is 0 Å². The zero-order valence-electron chi connectivity index (χ0n) is 11.3. The van der Waals surface area contributed by atoms with E-state index in [4.69, 9.17) is 0 Å². The average Bonchev–Trinajstić information content (AvgIpc) is 2.28. The Hall–Kier alpha value is -1.26. The Morgan fingerprint density at radius 1 is 1.18 bits per heavy atom. The molecule has 1 aliphatic heterocycles. The Morgan fingerprint density at radius 3 is 2.12 bits per heavy atom. The van der Waals surface area contributed by atoms with Crippen LogP contribution < -0.4 is 0 Å². The molecular weight excluding hydrogens is 218 g/mol. The highest BCUT2D eigenvalue weighted by atomic mass is 16.2. The minimum atomic E-state index is 0.0865. The molecule has 1 rings (SSSR count). The summed E-state index contributed by atoms with van der Waals surface area (Å²) in [5.74, 6) is 0.631. The largest absolute Gasteiger partial charge is 0.346 e. The molecule has 0 saturated carbocycles. The number of urea groups is 1. The summed E-state index contributed by atoms with van der Waals surface area (Å²) in [5, 5.41) is 0. The van der Waals surface area contributed by atoms with E-state index in [-0.39, 0.29) is 11.9 Å². The molecule has 0 atom stereocenters. The second kappa shape index (κ2) is 5.89. The van der Waals surface area contributed by atoms with Crippen LogP contribution in [0.3, 0.4) is 0 Å². The van der Waals surface area contributed by atoms with E-state index < -0.39 is 0 Å². The summed E-state index contributed by atoms with van der Waals surface area (Å²) in [7, 11) is 5.38. The van der Waals surface area contributed by atoms with E-state index in [1.165, 1.54) is 0 Å². The van der Waals surface area contributed by atoms with Crippen molar-refractivity contribution in [2.75, 3.05) is 40.8 Å². The van der Waals surface area contributed by atoms with Crippen LogP contribution in [0.15, 0.2) is 0 Å². The van der Waals surface area contributed by atoms with E-state index in [9.17, 15) is 9.59 Å². The summed E-state index contributed by atoms with van der Waals surface area (Å²) in [4.78, 5) is 28.1. The summed E-state index contributed by atoms with van der Waals surface area (Å²) in [6, 6.07) is 0.0865. The maximum absolute atomic E-state index is 11.7. The summed E-state index contributed by atoms with van der Waals surface area (Å²) in [6.07, 6.45) is 1.97. The third-order valence-electron chi connectivity index (χ3n) is 3.34. The van der Waals surface area contributed by atoms with Crippen LogP contribution in [0.1, 0.15) is 19.8 Å². The predicted molar refractivity (Wildman–Crippen MR) is 66.7 cm³/mol. The maximum Gasteiger partial charge on any atom is 0.319 e. The Labute approximate surface area is 103 Å². The summed E-state index contributed by atoms with van der Waals surface area (Å²) in [6.45, 7) is 3.99. The van der Waals surface area contributed by atoms with Gasteiger partial charge in [0.15, 0.2) is 0 Å². The number of carbonyl (C=O) groups is 2. The zero-order chi connectivity index (χ0) is 13.0. The molecule has 98 valence electrons. The van der Waals surface area contributed by atoms with Gasteiger partial charge in [-0.05, 0) is 18.8 Å². The van der Waals surface area contributed by atoms with Gasteiger partial charge in [0.25, 0.3) is 0 Å². The van der Waals surface area contributed by atoms with Gasteiger partial charge in [-0.15, -0.1) is 0 Å². The smallest absolute Gasteiger partial charge is 0.319 e. The van der Waals surface area contributed by atoms with Crippen LogP contribution in [0, 0.1) is 5.92 Å². The van der Waals surface area contributed by atoms with Crippen molar-refractivity contribution < 1.29 is 9.59 Å². The lowest BCUT2D eigenvalue weighted by Gasteiger charge is -2.35. The molecule has 5 heteroatoms. The molecule has 0 aliphatic carbocycles. The quantitative estimate of drug-likeness (QED) is 0.719. The molecule has 0 unspecified atom stereocenters. The second-order valence-corrected chi connectivity index (χ2v) is 5.01. The van der Waals surface area contributed by atoms with Gasteiger partial charge < -0.3 is 14.7 Å². The van der Waals surface area contributed by atoms with Crippen molar-refractivity contribution in [3.63, 3.8) is 0 Å². The van der Waals surface area contributed by atoms with Gasteiger partial charge in [-0.2, -0.15) is 0 Å². The molecule has 1 aliphatic rings. The third kappa shape index (κ3) is 3.91. The first-order chi connectivity index (χ1) is 7.91. The summed E-state index contributed by atoms with van der Waals surface area (Å²) >= 11 is 0. The molecule has 0 bridgehead atoms. The highest BCUT2D eigenvalue weighted by molar-refractivity contribution is 5.74. The number of piperidine rings is 1. The predicted octanol–water partition coefficient (Wildman–Crippen LogP) is 0.858. The van der Waals surface area contributed by atoms with Gasteiger partial charge in [-0.3, -0.25) is 4.79 Å². The number of rotatable bonds is 2. The topological polar surface area (TPSA) is 43.9 Å². The van der Waals surface area contributed by atoms with Gasteiger partial charge in [0, 0.05) is 47.7 Å². The third-order valence-corrected chi connectivity index (χ3v) is 3.34. The molecule has 1 heterocycles. The van der Waals surface area contributed by atoms with E-state index in [0.717, 1.165) is 32.5 Å². The molecule has 17 heavy (non-hydrogen) atoms. The Morgan fingerprint density at radius 2 is 1.71 bits per heavy atom. The molecular formula is C12H23N3O2. The van der Waals surface area contributed by atoms with Gasteiger partial charge in [0.05, 0.1) is 0 Å². The first-order valence-corrected chi connectivity index (χ1v) is 6.09. The lowest BCUT2D eigenvalue weighted by atomic mass is 9.96. The maximum atomic E-state index is 11.7. The molecule has 0 aromatic heterocycles. The first-order valence-electron chi connectivity index (χ1n) is 6.09. The minimum Gasteiger partial charge on any atom is -0.346 e. The fraction of sp³-hybridized carbons (Fsp3) is 0.833. The van der Waals surface area contributed by atoms with Gasteiger partial charge in [-0.25, -0.2) is 4.79 Å². The highest BCUT2D eigenvalue weighted by Gasteiger charge is 2.24. The lowest BCUT2D eigenvalue weighted by molar-refractivity contribution is -0.128. The fourth-order valence-electron chi connectivity index (χ4n) is 2.11. The van der Waals surface area contributed by atoms with Crippen LogP contribution in [-0.4, -0.2) is 67.4 Å². The number of carbonyl (C=O) groups excluding carboxylic acids is 2. The van der Waals surface area contributed by atoms with Crippen LogP contribution >= 0.6 is 0 Å². The summed E-state index contributed by atoms with van der Waals surface area (Å²) < 4.78 is 0. The van der Waals surface area contributed by atoms with Gasteiger partial charge in [0.2, 0.25) is 5.91 Å². The van der Waals surface area contributed by atoms with Crippen LogP contribution in [0.2, 0.25) is 0 Å². The van der Waals surface area contributed by atoms with E-state index in [1.807, 2.05) is 11.9 Å². The second-order valence-electron chi connectivity index (χ2n) is 5.01. The fourth-order valence-corrected chi connectivity index (χ4v) is 2.11. The van der Waals surface area contributed by atoms with E-state index >= 15 is 0 Å². The van der Waals surface area contributed by atoms with Crippen molar-refractivity contribution in [3.8, 4) is 0 Å².